The van der Waals surface area contributed by atoms with E-state index in [4.69, 9.17) is 5.73 Å². The van der Waals surface area contributed by atoms with Crippen LogP contribution in [0.25, 0.3) is 0 Å². The van der Waals surface area contributed by atoms with Gasteiger partial charge in [-0.1, -0.05) is 12.1 Å². The molecule has 1 rings (SSSR count). The summed E-state index contributed by atoms with van der Waals surface area (Å²) in [7, 11) is -0.875. The van der Waals surface area contributed by atoms with Crippen LogP contribution in [0, 0.1) is 3.57 Å². The van der Waals surface area contributed by atoms with Crippen molar-refractivity contribution in [3.63, 3.8) is 0 Å². The van der Waals surface area contributed by atoms with Crippen molar-refractivity contribution in [2.75, 3.05) is 5.75 Å². The molecule has 0 saturated heterocycles. The fourth-order valence-electron chi connectivity index (χ4n) is 1.23. The minimum Gasteiger partial charge on any atom is -0.325 e. The van der Waals surface area contributed by atoms with E-state index in [1.807, 2.05) is 38.1 Å². The maximum Gasteiger partial charge on any atom is 0.0486 e. The van der Waals surface area contributed by atoms with Gasteiger partial charge in [-0.05, 0) is 54.1 Å². The molecule has 1 unspecified atom stereocenters. The van der Waals surface area contributed by atoms with Gasteiger partial charge in [0.25, 0.3) is 0 Å². The zero-order valence-electron chi connectivity index (χ0n) is 9.00. The van der Waals surface area contributed by atoms with Gasteiger partial charge in [-0.2, -0.15) is 0 Å². The van der Waals surface area contributed by atoms with Gasteiger partial charge in [-0.25, -0.2) is 0 Å². The van der Waals surface area contributed by atoms with Crippen LogP contribution in [0.3, 0.4) is 0 Å². The summed E-state index contributed by atoms with van der Waals surface area (Å²) < 4.78 is 12.9. The van der Waals surface area contributed by atoms with Crippen LogP contribution in [-0.4, -0.2) is 15.5 Å². The second-order valence-electron chi connectivity index (χ2n) is 4.34. The third-order valence-corrected chi connectivity index (χ3v) is 4.21. The number of nitrogens with two attached hydrogens (primary N) is 1. The minimum atomic E-state index is -0.875. The first-order chi connectivity index (χ1) is 6.87. The molecule has 1 aromatic carbocycles. The van der Waals surface area contributed by atoms with Gasteiger partial charge in [-0.3, -0.25) is 4.21 Å². The van der Waals surface area contributed by atoms with E-state index in [1.54, 1.807) is 0 Å². The molecule has 84 valence electrons. The molecule has 0 fully saturated rings. The van der Waals surface area contributed by atoms with E-state index in [1.165, 1.54) is 3.57 Å². The second kappa shape index (κ2) is 5.41. The van der Waals surface area contributed by atoms with Gasteiger partial charge in [0.15, 0.2) is 0 Å². The molecule has 0 aliphatic heterocycles. The molecule has 2 N–H and O–H groups in total. The van der Waals surface area contributed by atoms with Crippen molar-refractivity contribution in [2.24, 2.45) is 5.73 Å². The van der Waals surface area contributed by atoms with E-state index < -0.39 is 10.8 Å². The summed E-state index contributed by atoms with van der Waals surface area (Å²) in [5.74, 6) is 1.14. The molecule has 2 nitrogen and oxygen atoms in total. The van der Waals surface area contributed by atoms with Crippen molar-refractivity contribution in [3.05, 3.63) is 33.4 Å². The summed E-state index contributed by atoms with van der Waals surface area (Å²) in [5, 5.41) is 0. The Balaban J connectivity index is 2.55. The summed E-state index contributed by atoms with van der Waals surface area (Å²) in [4.78, 5) is 0. The molecule has 0 bridgehead atoms. The highest BCUT2D eigenvalue weighted by atomic mass is 127. The maximum atomic E-state index is 11.7. The molecule has 0 heterocycles. The van der Waals surface area contributed by atoms with Gasteiger partial charge >= 0.3 is 0 Å². The third-order valence-electron chi connectivity index (χ3n) is 1.77. The molecule has 1 aromatic rings. The normalized spacial score (nSPS) is 13.9. The first kappa shape index (κ1) is 13.1. The molecular formula is C11H16INOS. The molecule has 0 amide bonds. The third kappa shape index (κ3) is 5.63. The summed E-state index contributed by atoms with van der Waals surface area (Å²) >= 11 is 2.26. The SMILES string of the molecule is CC(C)(N)CS(=O)Cc1ccc(I)cc1. The van der Waals surface area contributed by atoms with Crippen LogP contribution in [0.1, 0.15) is 19.4 Å². The Labute approximate surface area is 107 Å². The van der Waals surface area contributed by atoms with Gasteiger partial charge in [0, 0.05) is 31.4 Å². The Morgan fingerprint density at radius 2 is 1.87 bits per heavy atom. The fourth-order valence-corrected chi connectivity index (χ4v) is 3.09. The van der Waals surface area contributed by atoms with Crippen molar-refractivity contribution < 1.29 is 4.21 Å². The van der Waals surface area contributed by atoms with Crippen molar-refractivity contribution in [1.29, 1.82) is 0 Å². The lowest BCUT2D eigenvalue weighted by Crippen LogP contribution is -2.38. The molecule has 4 heteroatoms. The maximum absolute atomic E-state index is 11.7. The van der Waals surface area contributed by atoms with Crippen LogP contribution in [0.2, 0.25) is 0 Å². The van der Waals surface area contributed by atoms with Gasteiger partial charge in [0.2, 0.25) is 0 Å². The van der Waals surface area contributed by atoms with Crippen LogP contribution < -0.4 is 5.73 Å². The molecule has 0 aliphatic rings. The Morgan fingerprint density at radius 1 is 1.33 bits per heavy atom. The minimum absolute atomic E-state index is 0.353. The summed E-state index contributed by atoms with van der Waals surface area (Å²) in [6.45, 7) is 3.80. The molecule has 0 saturated carbocycles. The van der Waals surface area contributed by atoms with Crippen molar-refractivity contribution >= 4 is 33.4 Å². The summed E-state index contributed by atoms with van der Waals surface area (Å²) in [6.07, 6.45) is 0. The first-order valence-electron chi connectivity index (χ1n) is 4.75. The van der Waals surface area contributed by atoms with Crippen LogP contribution in [0.4, 0.5) is 0 Å². The molecule has 0 radical (unpaired) electrons. The van der Waals surface area contributed by atoms with E-state index in [9.17, 15) is 4.21 Å². The lowest BCUT2D eigenvalue weighted by atomic mass is 10.1. The Morgan fingerprint density at radius 3 is 2.33 bits per heavy atom. The van der Waals surface area contributed by atoms with Gasteiger partial charge in [-0.15, -0.1) is 0 Å². The first-order valence-corrected chi connectivity index (χ1v) is 7.32. The van der Waals surface area contributed by atoms with Gasteiger partial charge in [0.1, 0.15) is 0 Å². The number of hydrogen-bond donors (Lipinski definition) is 1. The van der Waals surface area contributed by atoms with E-state index in [2.05, 4.69) is 22.6 Å². The second-order valence-corrected chi connectivity index (χ2v) is 7.05. The number of benzene rings is 1. The van der Waals surface area contributed by atoms with E-state index in [-0.39, 0.29) is 5.54 Å². The molecular weight excluding hydrogens is 321 g/mol. The molecule has 0 aliphatic carbocycles. The topological polar surface area (TPSA) is 43.1 Å². The standard InChI is InChI=1S/C11H16INOS/c1-11(2,13)8-15(14)7-9-3-5-10(12)6-4-9/h3-6H,7-8,13H2,1-2H3. The largest absolute Gasteiger partial charge is 0.325 e. The van der Waals surface area contributed by atoms with Gasteiger partial charge in [0.05, 0.1) is 0 Å². The van der Waals surface area contributed by atoms with Crippen LogP contribution in [-0.2, 0) is 16.6 Å². The van der Waals surface area contributed by atoms with E-state index in [0.29, 0.717) is 11.5 Å². The predicted octanol–water partition coefficient (Wildman–Crippen LogP) is 2.28. The van der Waals surface area contributed by atoms with Crippen molar-refractivity contribution in [1.82, 2.24) is 0 Å². The van der Waals surface area contributed by atoms with Crippen LogP contribution in [0.5, 0.6) is 0 Å². The number of hydrogen-bond acceptors (Lipinski definition) is 2. The zero-order chi connectivity index (χ0) is 11.5. The van der Waals surface area contributed by atoms with Crippen LogP contribution >= 0.6 is 22.6 Å². The van der Waals surface area contributed by atoms with Crippen molar-refractivity contribution in [2.45, 2.75) is 25.1 Å². The lowest BCUT2D eigenvalue weighted by molar-refractivity contribution is 0.577. The molecule has 15 heavy (non-hydrogen) atoms. The quantitative estimate of drug-likeness (QED) is 0.857. The van der Waals surface area contributed by atoms with Gasteiger partial charge < -0.3 is 5.73 Å². The molecule has 0 spiro atoms. The fraction of sp³-hybridized carbons (Fsp3) is 0.455. The average Bonchev–Trinajstić information content (AvgIpc) is 2.05. The average molecular weight is 337 g/mol. The lowest BCUT2D eigenvalue weighted by Gasteiger charge is -2.17. The highest BCUT2D eigenvalue weighted by Gasteiger charge is 2.15. The smallest absolute Gasteiger partial charge is 0.0486 e. The molecule has 1 atom stereocenters. The van der Waals surface area contributed by atoms with Crippen molar-refractivity contribution in [3.8, 4) is 0 Å². The van der Waals surface area contributed by atoms with Crippen LogP contribution in [0.15, 0.2) is 24.3 Å². The Hall–Kier alpha value is 0.0600. The Bertz CT molecular complexity index is 343. The molecule has 0 aromatic heterocycles. The Kier molecular flexibility index (Phi) is 4.73. The monoisotopic (exact) mass is 337 g/mol. The van der Waals surface area contributed by atoms with E-state index >= 15 is 0 Å². The summed E-state index contributed by atoms with van der Waals surface area (Å²) in [5.41, 5.74) is 6.58. The highest BCUT2D eigenvalue weighted by molar-refractivity contribution is 14.1. The van der Waals surface area contributed by atoms with E-state index in [0.717, 1.165) is 5.56 Å². The zero-order valence-corrected chi connectivity index (χ0v) is 12.0. The predicted molar refractivity (Wildman–Crippen MR) is 74.1 cm³/mol. The number of rotatable bonds is 4. The summed E-state index contributed by atoms with van der Waals surface area (Å²) in [6, 6.07) is 8.09. The number of halogens is 1. The highest BCUT2D eigenvalue weighted by Crippen LogP contribution is 2.10.